The van der Waals surface area contributed by atoms with Crippen molar-refractivity contribution in [2.75, 3.05) is 11.5 Å². The van der Waals surface area contributed by atoms with Crippen molar-refractivity contribution < 1.29 is 28.5 Å². The summed E-state index contributed by atoms with van der Waals surface area (Å²) in [6.07, 6.45) is -1.13. The second kappa shape index (κ2) is 8.12. The summed E-state index contributed by atoms with van der Waals surface area (Å²) < 4.78 is 31.9. The average Bonchev–Trinajstić information content (AvgIpc) is 2.74. The maximum absolute atomic E-state index is 13.3. The van der Waals surface area contributed by atoms with Crippen LogP contribution in [-0.4, -0.2) is 28.8 Å². The lowest BCUT2D eigenvalue weighted by Crippen LogP contribution is -2.60. The molecule has 0 bridgehead atoms. The van der Waals surface area contributed by atoms with Crippen molar-refractivity contribution in [2.45, 2.75) is 12.1 Å². The van der Waals surface area contributed by atoms with Crippen LogP contribution in [0.2, 0.25) is 0 Å². The predicted molar refractivity (Wildman–Crippen MR) is 106 cm³/mol. The molecule has 1 amide bonds. The first-order valence-corrected chi connectivity index (χ1v) is 9.38. The number of β-lactam (4-membered cyclic amide) rings is 1. The standard InChI is InChI=1S/C23H19F2NO4/c24-15-3-7-17(8-4-15)26-22(14-1-9-18(27)10-2-14)21(23(26)29)20(28)13-30-19-11-5-16(25)6-12-19/h1-12,20-22,27-28H,13H2/t20-,21-,22-/m1/s1. The van der Waals surface area contributed by atoms with Crippen LogP contribution in [0.25, 0.3) is 0 Å². The number of aromatic hydroxyl groups is 1. The van der Waals surface area contributed by atoms with Gasteiger partial charge in [-0.2, -0.15) is 0 Å². The van der Waals surface area contributed by atoms with Crippen LogP contribution in [0.1, 0.15) is 11.6 Å². The van der Waals surface area contributed by atoms with Crippen molar-refractivity contribution in [2.24, 2.45) is 5.92 Å². The van der Waals surface area contributed by atoms with Gasteiger partial charge in [-0.3, -0.25) is 4.79 Å². The van der Waals surface area contributed by atoms with Gasteiger partial charge in [0.25, 0.3) is 0 Å². The van der Waals surface area contributed by atoms with Crippen LogP contribution in [0.4, 0.5) is 14.5 Å². The molecule has 1 fully saturated rings. The molecule has 0 spiro atoms. The van der Waals surface area contributed by atoms with Gasteiger partial charge in [-0.1, -0.05) is 12.1 Å². The number of aliphatic hydroxyl groups excluding tert-OH is 1. The van der Waals surface area contributed by atoms with Gasteiger partial charge in [0.2, 0.25) is 5.91 Å². The largest absolute Gasteiger partial charge is 0.508 e. The van der Waals surface area contributed by atoms with Gasteiger partial charge in [0.15, 0.2) is 0 Å². The minimum atomic E-state index is -1.13. The van der Waals surface area contributed by atoms with Crippen LogP contribution in [0, 0.1) is 17.6 Å². The second-order valence-electron chi connectivity index (χ2n) is 7.08. The number of benzene rings is 3. The molecule has 0 aromatic heterocycles. The third kappa shape index (κ3) is 3.84. The molecular formula is C23H19F2NO4. The summed E-state index contributed by atoms with van der Waals surface area (Å²) in [6, 6.07) is 16.7. The molecule has 3 aromatic rings. The van der Waals surface area contributed by atoms with Crippen molar-refractivity contribution in [3.05, 3.63) is 90.0 Å². The lowest BCUT2D eigenvalue weighted by Gasteiger charge is -2.49. The van der Waals surface area contributed by atoms with E-state index in [-0.39, 0.29) is 18.3 Å². The molecular weight excluding hydrogens is 392 g/mol. The molecule has 7 heteroatoms. The number of anilines is 1. The lowest BCUT2D eigenvalue weighted by molar-refractivity contribution is -0.137. The molecule has 3 atom stereocenters. The van der Waals surface area contributed by atoms with Crippen molar-refractivity contribution in [1.82, 2.24) is 0 Å². The summed E-state index contributed by atoms with van der Waals surface area (Å²) >= 11 is 0. The van der Waals surface area contributed by atoms with Gasteiger partial charge in [0.05, 0.1) is 12.0 Å². The maximum atomic E-state index is 13.3. The van der Waals surface area contributed by atoms with Gasteiger partial charge < -0.3 is 19.8 Å². The molecule has 1 heterocycles. The molecule has 5 nitrogen and oxygen atoms in total. The Kier molecular flexibility index (Phi) is 5.37. The van der Waals surface area contributed by atoms with Crippen LogP contribution >= 0.6 is 0 Å². The molecule has 154 valence electrons. The molecule has 1 saturated heterocycles. The number of nitrogens with zero attached hydrogens (tertiary/aromatic N) is 1. The molecule has 3 aromatic carbocycles. The van der Waals surface area contributed by atoms with E-state index in [2.05, 4.69) is 0 Å². The van der Waals surface area contributed by atoms with Crippen LogP contribution in [-0.2, 0) is 4.79 Å². The zero-order valence-corrected chi connectivity index (χ0v) is 15.8. The van der Waals surface area contributed by atoms with Gasteiger partial charge >= 0.3 is 0 Å². The summed E-state index contributed by atoms with van der Waals surface area (Å²) in [5.74, 6) is -1.49. The number of hydrogen-bond donors (Lipinski definition) is 2. The van der Waals surface area contributed by atoms with Crippen molar-refractivity contribution in [3.63, 3.8) is 0 Å². The Morgan fingerprint density at radius 2 is 1.47 bits per heavy atom. The van der Waals surface area contributed by atoms with Crippen LogP contribution in [0.3, 0.4) is 0 Å². The normalized spacial score (nSPS) is 19.3. The van der Waals surface area contributed by atoms with Crippen LogP contribution in [0.5, 0.6) is 11.5 Å². The fourth-order valence-electron chi connectivity index (χ4n) is 3.62. The van der Waals surface area contributed by atoms with Crippen molar-refractivity contribution in [3.8, 4) is 11.5 Å². The van der Waals surface area contributed by atoms with E-state index < -0.39 is 29.7 Å². The third-order valence-electron chi connectivity index (χ3n) is 5.13. The molecule has 0 unspecified atom stereocenters. The van der Waals surface area contributed by atoms with Crippen LogP contribution < -0.4 is 9.64 Å². The Balaban J connectivity index is 1.57. The first kappa shape index (κ1) is 19.8. The number of phenolic OH excluding ortho intramolecular Hbond substituents is 1. The van der Waals surface area contributed by atoms with Gasteiger partial charge in [-0.15, -0.1) is 0 Å². The zero-order chi connectivity index (χ0) is 21.3. The average molecular weight is 411 g/mol. The van der Waals surface area contributed by atoms with Crippen molar-refractivity contribution >= 4 is 11.6 Å². The fraction of sp³-hybridized carbons (Fsp3) is 0.174. The summed E-state index contributed by atoms with van der Waals surface area (Å²) in [6.45, 7) is -0.159. The Morgan fingerprint density at radius 3 is 2.07 bits per heavy atom. The number of amides is 1. The molecule has 0 aliphatic carbocycles. The van der Waals surface area contributed by atoms with Crippen LogP contribution in [0.15, 0.2) is 72.8 Å². The first-order valence-electron chi connectivity index (χ1n) is 9.38. The molecule has 1 aliphatic rings. The van der Waals surface area contributed by atoms with E-state index in [1.54, 1.807) is 12.1 Å². The minimum absolute atomic E-state index is 0.0782. The van der Waals surface area contributed by atoms with E-state index in [0.717, 1.165) is 0 Å². The third-order valence-corrected chi connectivity index (χ3v) is 5.13. The number of halogens is 2. The quantitative estimate of drug-likeness (QED) is 0.605. The number of rotatable bonds is 6. The van der Waals surface area contributed by atoms with E-state index in [4.69, 9.17) is 4.74 Å². The van der Waals surface area contributed by atoms with Gasteiger partial charge in [0, 0.05) is 5.69 Å². The highest BCUT2D eigenvalue weighted by Crippen LogP contribution is 2.45. The number of ether oxygens (including phenoxy) is 1. The molecule has 30 heavy (non-hydrogen) atoms. The van der Waals surface area contributed by atoms with E-state index in [0.29, 0.717) is 17.0 Å². The highest BCUT2D eigenvalue weighted by molar-refractivity contribution is 6.03. The molecule has 1 aliphatic heterocycles. The lowest BCUT2D eigenvalue weighted by atomic mass is 9.78. The summed E-state index contributed by atoms with van der Waals surface area (Å²) in [4.78, 5) is 14.4. The van der Waals surface area contributed by atoms with E-state index >= 15 is 0 Å². The monoisotopic (exact) mass is 411 g/mol. The first-order chi connectivity index (χ1) is 14.4. The molecule has 0 radical (unpaired) electrons. The number of carbonyl (C=O) groups excluding carboxylic acids is 1. The highest BCUT2D eigenvalue weighted by atomic mass is 19.1. The van der Waals surface area contributed by atoms with Gasteiger partial charge in [0.1, 0.15) is 35.8 Å². The summed E-state index contributed by atoms with van der Waals surface area (Å²) in [7, 11) is 0. The Hall–Kier alpha value is -3.45. The van der Waals surface area contributed by atoms with E-state index in [1.807, 2.05) is 0 Å². The SMILES string of the molecule is O=C1[C@H]([C@H](O)COc2ccc(F)cc2)[C@@H](c2ccc(O)cc2)N1c1ccc(F)cc1. The summed E-state index contributed by atoms with van der Waals surface area (Å²) in [5, 5.41) is 20.3. The maximum Gasteiger partial charge on any atom is 0.235 e. The minimum Gasteiger partial charge on any atom is -0.508 e. The van der Waals surface area contributed by atoms with Gasteiger partial charge in [-0.25, -0.2) is 8.78 Å². The number of carbonyl (C=O) groups is 1. The molecule has 0 saturated carbocycles. The Morgan fingerprint density at radius 1 is 0.900 bits per heavy atom. The van der Waals surface area contributed by atoms with E-state index in [9.17, 15) is 23.8 Å². The number of aliphatic hydroxyl groups is 1. The van der Waals surface area contributed by atoms with E-state index in [1.165, 1.54) is 65.6 Å². The van der Waals surface area contributed by atoms with Crippen molar-refractivity contribution in [1.29, 1.82) is 0 Å². The smallest absolute Gasteiger partial charge is 0.235 e. The number of hydrogen-bond acceptors (Lipinski definition) is 4. The number of phenols is 1. The van der Waals surface area contributed by atoms with Gasteiger partial charge in [-0.05, 0) is 66.2 Å². The fourth-order valence-corrected chi connectivity index (χ4v) is 3.62. The Labute approximate surface area is 171 Å². The highest BCUT2D eigenvalue weighted by Gasteiger charge is 2.52. The topological polar surface area (TPSA) is 70.0 Å². The molecule has 2 N–H and O–H groups in total. The zero-order valence-electron chi connectivity index (χ0n) is 15.8. The predicted octanol–water partition coefficient (Wildman–Crippen LogP) is 3.81. The molecule has 4 rings (SSSR count). The summed E-state index contributed by atoms with van der Waals surface area (Å²) in [5.41, 5.74) is 1.21. The Bertz CT molecular complexity index is 1020. The second-order valence-corrected chi connectivity index (χ2v) is 7.08.